The van der Waals surface area contributed by atoms with Gasteiger partial charge in [-0.3, -0.25) is 4.90 Å². The van der Waals surface area contributed by atoms with Crippen LogP contribution in [0.5, 0.6) is 5.75 Å². The molecule has 2 aromatic rings. The molecule has 126 valence electrons. The highest BCUT2D eigenvalue weighted by atomic mass is 16.5. The minimum absolute atomic E-state index is 0.189. The normalized spacial score (nSPS) is 21.9. The number of nitrogens with zero attached hydrogens (tertiary/aromatic N) is 1. The van der Waals surface area contributed by atoms with Crippen molar-refractivity contribution in [3.63, 3.8) is 0 Å². The van der Waals surface area contributed by atoms with Gasteiger partial charge in [-0.15, -0.1) is 0 Å². The van der Waals surface area contributed by atoms with Crippen LogP contribution in [0, 0.1) is 0 Å². The van der Waals surface area contributed by atoms with Crippen LogP contribution in [0.1, 0.15) is 23.5 Å². The summed E-state index contributed by atoms with van der Waals surface area (Å²) in [6, 6.07) is 18.4. The van der Waals surface area contributed by atoms with Gasteiger partial charge < -0.3 is 9.84 Å². The first-order chi connectivity index (χ1) is 11.8. The van der Waals surface area contributed by atoms with Gasteiger partial charge in [0.1, 0.15) is 5.75 Å². The van der Waals surface area contributed by atoms with Crippen molar-refractivity contribution in [3.05, 3.63) is 71.8 Å². The summed E-state index contributed by atoms with van der Waals surface area (Å²) in [6.45, 7) is 2.58. The molecule has 3 rings (SSSR count). The average molecular weight is 323 g/mol. The van der Waals surface area contributed by atoms with Gasteiger partial charge in [0.2, 0.25) is 0 Å². The van der Waals surface area contributed by atoms with Crippen molar-refractivity contribution in [2.75, 3.05) is 26.7 Å². The summed E-state index contributed by atoms with van der Waals surface area (Å²) in [5, 5.41) is 10.6. The van der Waals surface area contributed by atoms with Crippen molar-refractivity contribution in [2.24, 2.45) is 0 Å². The molecule has 3 nitrogen and oxygen atoms in total. The summed E-state index contributed by atoms with van der Waals surface area (Å²) in [7, 11) is 1.68. The maximum absolute atomic E-state index is 10.6. The van der Waals surface area contributed by atoms with Crippen LogP contribution in [0.3, 0.4) is 0 Å². The summed E-state index contributed by atoms with van der Waals surface area (Å²) in [5.74, 6) is 1.04. The number of hydrogen-bond donors (Lipinski definition) is 1. The molecule has 1 aliphatic rings. The standard InChI is InChI=1S/C21H25NO2/c1-24-19-11-5-10-18(15-19)20-12-14-22(16-21(20)23)13-6-9-17-7-3-2-4-8-17/h2-11,15,20-21,23H,12-14,16H2,1H3/b9-6+/t20-,21+/m0/s1. The van der Waals surface area contributed by atoms with E-state index in [-0.39, 0.29) is 12.0 Å². The second-order valence-electron chi connectivity index (χ2n) is 6.31. The van der Waals surface area contributed by atoms with Crippen molar-refractivity contribution in [2.45, 2.75) is 18.4 Å². The molecule has 24 heavy (non-hydrogen) atoms. The lowest BCUT2D eigenvalue weighted by Crippen LogP contribution is -2.42. The van der Waals surface area contributed by atoms with Gasteiger partial charge in [0.05, 0.1) is 13.2 Å². The zero-order valence-corrected chi connectivity index (χ0v) is 14.1. The van der Waals surface area contributed by atoms with Crippen molar-refractivity contribution < 1.29 is 9.84 Å². The van der Waals surface area contributed by atoms with E-state index in [9.17, 15) is 5.11 Å². The summed E-state index contributed by atoms with van der Waals surface area (Å²) in [5.41, 5.74) is 2.38. The third-order valence-corrected chi connectivity index (χ3v) is 4.66. The summed E-state index contributed by atoms with van der Waals surface area (Å²) in [6.07, 6.45) is 4.94. The van der Waals surface area contributed by atoms with E-state index < -0.39 is 0 Å². The Morgan fingerprint density at radius 3 is 2.75 bits per heavy atom. The van der Waals surface area contributed by atoms with Crippen LogP contribution in [0.4, 0.5) is 0 Å². The van der Waals surface area contributed by atoms with E-state index in [0.29, 0.717) is 6.54 Å². The molecule has 0 spiro atoms. The number of aliphatic hydroxyl groups is 1. The minimum atomic E-state index is -0.337. The number of methoxy groups -OCH3 is 1. The molecular formula is C21H25NO2. The van der Waals surface area contributed by atoms with Gasteiger partial charge in [-0.05, 0) is 36.2 Å². The van der Waals surface area contributed by atoms with Crippen LogP contribution in [-0.4, -0.2) is 42.9 Å². The summed E-state index contributed by atoms with van der Waals surface area (Å²) >= 11 is 0. The lowest BCUT2D eigenvalue weighted by molar-refractivity contribution is 0.0569. The Balaban J connectivity index is 1.56. The number of rotatable bonds is 5. The predicted octanol–water partition coefficient (Wildman–Crippen LogP) is 3.56. The number of piperidine rings is 1. The maximum Gasteiger partial charge on any atom is 0.119 e. The van der Waals surface area contributed by atoms with Gasteiger partial charge in [0.25, 0.3) is 0 Å². The maximum atomic E-state index is 10.6. The zero-order valence-electron chi connectivity index (χ0n) is 14.1. The summed E-state index contributed by atoms with van der Waals surface area (Å²) in [4.78, 5) is 2.31. The molecule has 2 aromatic carbocycles. The van der Waals surface area contributed by atoms with Crippen LogP contribution in [0.2, 0.25) is 0 Å². The smallest absolute Gasteiger partial charge is 0.119 e. The molecule has 0 bridgehead atoms. The topological polar surface area (TPSA) is 32.7 Å². The molecule has 3 heteroatoms. The third kappa shape index (κ3) is 4.25. The molecule has 0 aliphatic carbocycles. The highest BCUT2D eigenvalue weighted by Gasteiger charge is 2.28. The van der Waals surface area contributed by atoms with Crippen LogP contribution in [0.25, 0.3) is 6.08 Å². The molecule has 0 saturated carbocycles. The molecule has 1 fully saturated rings. The highest BCUT2D eigenvalue weighted by molar-refractivity contribution is 5.48. The Hall–Kier alpha value is -2.10. The molecule has 1 saturated heterocycles. The van der Waals surface area contributed by atoms with Gasteiger partial charge in [-0.25, -0.2) is 0 Å². The Morgan fingerprint density at radius 1 is 1.17 bits per heavy atom. The third-order valence-electron chi connectivity index (χ3n) is 4.66. The molecule has 1 aliphatic heterocycles. The molecule has 0 radical (unpaired) electrons. The molecular weight excluding hydrogens is 298 g/mol. The number of aliphatic hydroxyl groups excluding tert-OH is 1. The monoisotopic (exact) mass is 323 g/mol. The van der Waals surface area contributed by atoms with Crippen molar-refractivity contribution in [3.8, 4) is 5.75 Å². The van der Waals surface area contributed by atoms with Gasteiger partial charge >= 0.3 is 0 Å². The number of ether oxygens (including phenoxy) is 1. The van der Waals surface area contributed by atoms with E-state index >= 15 is 0 Å². The van der Waals surface area contributed by atoms with Crippen molar-refractivity contribution in [1.82, 2.24) is 4.90 Å². The lowest BCUT2D eigenvalue weighted by Gasteiger charge is -2.35. The number of likely N-dealkylation sites (tertiary alicyclic amines) is 1. The Kier molecular flexibility index (Phi) is 5.68. The quantitative estimate of drug-likeness (QED) is 0.913. The van der Waals surface area contributed by atoms with E-state index in [4.69, 9.17) is 4.74 Å². The van der Waals surface area contributed by atoms with Crippen LogP contribution >= 0.6 is 0 Å². The van der Waals surface area contributed by atoms with E-state index in [1.54, 1.807) is 7.11 Å². The van der Waals surface area contributed by atoms with E-state index in [1.165, 1.54) is 11.1 Å². The summed E-state index contributed by atoms with van der Waals surface area (Å²) < 4.78 is 5.30. The first-order valence-electron chi connectivity index (χ1n) is 8.52. The van der Waals surface area contributed by atoms with E-state index in [1.807, 2.05) is 36.4 Å². The number of benzene rings is 2. The molecule has 2 atom stereocenters. The number of β-amino-alcohol motifs (C(OH)–C–C–N with tert-alkyl or cyclic N) is 1. The second kappa shape index (κ2) is 8.13. The van der Waals surface area contributed by atoms with Gasteiger partial charge in [0, 0.05) is 19.0 Å². The SMILES string of the molecule is COc1cccc([C@@H]2CCN(C/C=C/c3ccccc3)C[C@H]2O)c1. The fourth-order valence-corrected chi connectivity index (χ4v) is 3.33. The predicted molar refractivity (Wildman–Crippen MR) is 98.3 cm³/mol. The van der Waals surface area contributed by atoms with Crippen LogP contribution in [0.15, 0.2) is 60.7 Å². The Bertz CT molecular complexity index is 669. The first-order valence-corrected chi connectivity index (χ1v) is 8.52. The van der Waals surface area contributed by atoms with Crippen LogP contribution < -0.4 is 4.74 Å². The molecule has 0 aromatic heterocycles. The number of hydrogen-bond acceptors (Lipinski definition) is 3. The fraction of sp³-hybridized carbons (Fsp3) is 0.333. The Morgan fingerprint density at radius 2 is 2.00 bits per heavy atom. The van der Waals surface area contributed by atoms with Gasteiger partial charge in [0.15, 0.2) is 0 Å². The van der Waals surface area contributed by atoms with Crippen molar-refractivity contribution in [1.29, 1.82) is 0 Å². The van der Waals surface area contributed by atoms with E-state index in [0.717, 1.165) is 25.3 Å². The molecule has 0 amide bonds. The van der Waals surface area contributed by atoms with Crippen molar-refractivity contribution >= 4 is 6.08 Å². The largest absolute Gasteiger partial charge is 0.497 e. The molecule has 0 unspecified atom stereocenters. The lowest BCUT2D eigenvalue weighted by atomic mass is 9.87. The first kappa shape index (κ1) is 16.7. The van der Waals surface area contributed by atoms with Gasteiger partial charge in [-0.1, -0.05) is 54.6 Å². The van der Waals surface area contributed by atoms with Crippen LogP contribution in [-0.2, 0) is 0 Å². The highest BCUT2D eigenvalue weighted by Crippen LogP contribution is 2.30. The average Bonchev–Trinajstić information content (AvgIpc) is 2.63. The second-order valence-corrected chi connectivity index (χ2v) is 6.31. The fourth-order valence-electron chi connectivity index (χ4n) is 3.33. The van der Waals surface area contributed by atoms with Gasteiger partial charge in [-0.2, -0.15) is 0 Å². The zero-order chi connectivity index (χ0) is 16.8. The minimum Gasteiger partial charge on any atom is -0.497 e. The molecule has 1 heterocycles. The van der Waals surface area contributed by atoms with E-state index in [2.05, 4.69) is 35.3 Å². The molecule has 1 N–H and O–H groups in total. The Labute approximate surface area is 144 Å².